The molecule has 1 aromatic carbocycles. The van der Waals surface area contributed by atoms with Crippen LogP contribution in [0.4, 0.5) is 10.7 Å². The summed E-state index contributed by atoms with van der Waals surface area (Å²) in [5.41, 5.74) is 6.64. The number of fused-ring (bicyclic) bond motifs is 1. The highest BCUT2D eigenvalue weighted by Crippen LogP contribution is 2.27. The molecule has 0 saturated carbocycles. The highest BCUT2D eigenvalue weighted by molar-refractivity contribution is 7.93. The van der Waals surface area contributed by atoms with Crippen LogP contribution < -0.4 is 10.5 Å². The average molecular weight is 307 g/mol. The summed E-state index contributed by atoms with van der Waals surface area (Å²) in [7, 11) is -3.76. The molecular formula is C11H9N5O2S2. The molecule has 3 rings (SSSR count). The Morgan fingerprint density at radius 1 is 1.25 bits per heavy atom. The molecule has 9 heteroatoms. The Morgan fingerprint density at radius 3 is 2.85 bits per heavy atom. The van der Waals surface area contributed by atoms with Crippen molar-refractivity contribution >= 4 is 43.1 Å². The van der Waals surface area contributed by atoms with E-state index >= 15 is 0 Å². The SMILES string of the molecule is Nc1ccc(S(=O)(=O)Nc2cnns2)c2ncccc12. The normalized spacial score (nSPS) is 11.6. The van der Waals surface area contributed by atoms with Gasteiger partial charge in [-0.15, -0.1) is 5.10 Å². The van der Waals surface area contributed by atoms with Crippen molar-refractivity contribution in [3.8, 4) is 0 Å². The van der Waals surface area contributed by atoms with Gasteiger partial charge in [-0.05, 0) is 24.3 Å². The molecule has 2 heterocycles. The van der Waals surface area contributed by atoms with Gasteiger partial charge < -0.3 is 5.73 Å². The van der Waals surface area contributed by atoms with E-state index in [2.05, 4.69) is 19.3 Å². The largest absolute Gasteiger partial charge is 0.398 e. The highest BCUT2D eigenvalue weighted by Gasteiger charge is 2.20. The summed E-state index contributed by atoms with van der Waals surface area (Å²) in [5.74, 6) is 0. The van der Waals surface area contributed by atoms with E-state index in [9.17, 15) is 8.42 Å². The lowest BCUT2D eigenvalue weighted by atomic mass is 10.2. The number of nitrogen functional groups attached to an aromatic ring is 1. The van der Waals surface area contributed by atoms with Gasteiger partial charge in [0, 0.05) is 28.8 Å². The summed E-state index contributed by atoms with van der Waals surface area (Å²) in [6.45, 7) is 0. The van der Waals surface area contributed by atoms with Crippen molar-refractivity contribution in [3.05, 3.63) is 36.7 Å². The molecular weight excluding hydrogens is 298 g/mol. The Morgan fingerprint density at radius 2 is 2.10 bits per heavy atom. The molecule has 0 amide bonds. The van der Waals surface area contributed by atoms with Crippen molar-refractivity contribution in [2.45, 2.75) is 4.90 Å². The van der Waals surface area contributed by atoms with Gasteiger partial charge in [-0.3, -0.25) is 9.71 Å². The molecule has 7 nitrogen and oxygen atoms in total. The molecule has 2 aromatic heterocycles. The molecule has 102 valence electrons. The zero-order chi connectivity index (χ0) is 14.2. The maximum atomic E-state index is 12.4. The lowest BCUT2D eigenvalue weighted by molar-refractivity contribution is 0.602. The van der Waals surface area contributed by atoms with Gasteiger partial charge in [-0.25, -0.2) is 8.42 Å². The third kappa shape index (κ3) is 2.17. The van der Waals surface area contributed by atoms with Gasteiger partial charge in [0.15, 0.2) is 0 Å². The van der Waals surface area contributed by atoms with Gasteiger partial charge in [0.2, 0.25) is 0 Å². The van der Waals surface area contributed by atoms with Crippen LogP contribution in [0.25, 0.3) is 10.9 Å². The fraction of sp³-hybridized carbons (Fsp3) is 0. The van der Waals surface area contributed by atoms with Crippen LogP contribution in [-0.4, -0.2) is 23.0 Å². The second-order valence-electron chi connectivity index (χ2n) is 3.94. The van der Waals surface area contributed by atoms with Gasteiger partial charge in [0.1, 0.15) is 9.90 Å². The summed E-state index contributed by atoms with van der Waals surface area (Å²) in [4.78, 5) is 4.18. The zero-order valence-corrected chi connectivity index (χ0v) is 11.6. The number of rotatable bonds is 3. The maximum Gasteiger partial charge on any atom is 0.264 e. The van der Waals surface area contributed by atoms with Crippen molar-refractivity contribution in [2.75, 3.05) is 10.5 Å². The minimum atomic E-state index is -3.76. The van der Waals surface area contributed by atoms with E-state index in [1.165, 1.54) is 18.5 Å². The van der Waals surface area contributed by atoms with Crippen LogP contribution in [0.15, 0.2) is 41.6 Å². The lowest BCUT2D eigenvalue weighted by Gasteiger charge is -2.09. The first-order valence-electron chi connectivity index (χ1n) is 5.51. The van der Waals surface area contributed by atoms with Crippen molar-refractivity contribution < 1.29 is 8.42 Å². The van der Waals surface area contributed by atoms with Crippen LogP contribution in [0.1, 0.15) is 0 Å². The minimum Gasteiger partial charge on any atom is -0.398 e. The molecule has 0 atom stereocenters. The van der Waals surface area contributed by atoms with E-state index in [0.717, 1.165) is 11.5 Å². The van der Waals surface area contributed by atoms with Gasteiger partial charge >= 0.3 is 0 Å². The number of benzene rings is 1. The monoisotopic (exact) mass is 307 g/mol. The maximum absolute atomic E-state index is 12.4. The van der Waals surface area contributed by atoms with Gasteiger partial charge in [-0.2, -0.15) is 0 Å². The molecule has 0 radical (unpaired) electrons. The van der Waals surface area contributed by atoms with Crippen LogP contribution in [0.3, 0.4) is 0 Å². The third-order valence-corrected chi connectivity index (χ3v) is 4.76. The van der Waals surface area contributed by atoms with Crippen molar-refractivity contribution in [1.29, 1.82) is 0 Å². The fourth-order valence-electron chi connectivity index (χ4n) is 1.79. The number of pyridine rings is 1. The molecule has 20 heavy (non-hydrogen) atoms. The van der Waals surface area contributed by atoms with Gasteiger partial charge in [0.25, 0.3) is 10.0 Å². The van der Waals surface area contributed by atoms with E-state index in [4.69, 9.17) is 5.73 Å². The Bertz CT molecular complexity index is 862. The van der Waals surface area contributed by atoms with Crippen LogP contribution in [0, 0.1) is 0 Å². The van der Waals surface area contributed by atoms with Crippen LogP contribution in [0.2, 0.25) is 0 Å². The van der Waals surface area contributed by atoms with Crippen LogP contribution in [-0.2, 0) is 10.0 Å². The number of nitrogens with one attached hydrogen (secondary N) is 1. The molecule has 0 bridgehead atoms. The predicted molar refractivity (Wildman–Crippen MR) is 76.9 cm³/mol. The average Bonchev–Trinajstić information content (AvgIpc) is 2.91. The van der Waals surface area contributed by atoms with Crippen molar-refractivity contribution in [1.82, 2.24) is 14.6 Å². The molecule has 0 fully saturated rings. The minimum absolute atomic E-state index is 0.0655. The van der Waals surface area contributed by atoms with Crippen LogP contribution in [0.5, 0.6) is 0 Å². The number of hydrogen-bond donors (Lipinski definition) is 2. The molecule has 0 aliphatic carbocycles. The summed E-state index contributed by atoms with van der Waals surface area (Å²) in [5, 5.41) is 4.52. The topological polar surface area (TPSA) is 111 Å². The molecule has 0 spiro atoms. The number of anilines is 2. The van der Waals surface area contributed by atoms with Gasteiger partial charge in [-0.1, -0.05) is 4.49 Å². The van der Waals surface area contributed by atoms with Crippen LogP contribution >= 0.6 is 11.5 Å². The fourth-order valence-corrected chi connectivity index (χ4v) is 3.63. The van der Waals surface area contributed by atoms with E-state index in [0.29, 0.717) is 21.6 Å². The Labute approximate surface area is 118 Å². The molecule has 0 unspecified atom stereocenters. The summed E-state index contributed by atoms with van der Waals surface area (Å²) < 4.78 is 30.8. The standard InChI is InChI=1S/C11H9N5O2S2/c12-8-3-4-9(11-7(8)2-1-5-13-11)20(17,18)15-10-6-14-16-19-10/h1-6,15H,12H2. The first-order valence-corrected chi connectivity index (χ1v) is 7.77. The number of aromatic nitrogens is 3. The van der Waals surface area contributed by atoms with Gasteiger partial charge in [0.05, 0.1) is 11.7 Å². The van der Waals surface area contributed by atoms with E-state index in [1.54, 1.807) is 18.2 Å². The molecule has 3 aromatic rings. The Hall–Kier alpha value is -2.26. The second kappa shape index (κ2) is 4.69. The highest BCUT2D eigenvalue weighted by atomic mass is 32.2. The number of sulfonamides is 1. The number of nitrogens with zero attached hydrogens (tertiary/aromatic N) is 3. The summed E-state index contributed by atoms with van der Waals surface area (Å²) in [6, 6.07) is 6.41. The second-order valence-corrected chi connectivity index (χ2v) is 6.38. The zero-order valence-electron chi connectivity index (χ0n) is 10.0. The quantitative estimate of drug-likeness (QED) is 0.709. The summed E-state index contributed by atoms with van der Waals surface area (Å²) >= 11 is 0.957. The van der Waals surface area contributed by atoms with E-state index in [1.807, 2.05) is 0 Å². The molecule has 3 N–H and O–H groups in total. The predicted octanol–water partition coefficient (Wildman–Crippen LogP) is 1.47. The number of nitrogens with two attached hydrogens (primary N) is 1. The molecule has 0 aliphatic rings. The number of hydrogen-bond acceptors (Lipinski definition) is 7. The first kappa shape index (κ1) is 12.8. The Kier molecular flexibility index (Phi) is 2.99. The smallest absolute Gasteiger partial charge is 0.264 e. The van der Waals surface area contributed by atoms with Crippen molar-refractivity contribution in [3.63, 3.8) is 0 Å². The molecule has 0 saturated heterocycles. The van der Waals surface area contributed by atoms with E-state index < -0.39 is 10.0 Å². The van der Waals surface area contributed by atoms with Crippen molar-refractivity contribution in [2.24, 2.45) is 0 Å². The third-order valence-electron chi connectivity index (χ3n) is 2.65. The summed E-state index contributed by atoms with van der Waals surface area (Å²) in [6.07, 6.45) is 2.87. The molecule has 0 aliphatic heterocycles. The van der Waals surface area contributed by atoms with E-state index in [-0.39, 0.29) is 4.90 Å². The Balaban J connectivity index is 2.17. The first-order chi connectivity index (χ1) is 9.58. The lowest BCUT2D eigenvalue weighted by Crippen LogP contribution is -2.13.